The summed E-state index contributed by atoms with van der Waals surface area (Å²) in [5.41, 5.74) is 0.923. The molecule has 0 saturated carbocycles. The van der Waals surface area contributed by atoms with Crippen molar-refractivity contribution < 1.29 is 66.7 Å². The average Bonchev–Trinajstić information content (AvgIpc) is 3.18. The highest BCUT2D eigenvalue weighted by Crippen LogP contribution is 2.26. The second-order valence-corrected chi connectivity index (χ2v) is 11.7. The topological polar surface area (TPSA) is 176 Å². The normalized spacial score (nSPS) is 10.3. The SMILES string of the molecule is C=CC(=O)OCCCCCCOC(=O)Oc1ccc(C(=O)Oc2ccc(OC(=O)c3ccc(OC(=O)OCCCCCCOC(=O)C=C)cc3)c(C)c2)cc1. The maximum Gasteiger partial charge on any atom is 0.513 e. The zero-order chi connectivity index (χ0) is 39.8. The molecule has 55 heavy (non-hydrogen) atoms. The quantitative estimate of drug-likeness (QED) is 0.0240. The highest BCUT2D eigenvalue weighted by Gasteiger charge is 2.15. The molecule has 0 aliphatic rings. The van der Waals surface area contributed by atoms with Crippen LogP contribution in [0, 0.1) is 6.92 Å². The Morgan fingerprint density at radius 2 is 0.855 bits per heavy atom. The standard InChI is InChI=1S/C41H44O14/c1-4-36(42)48-24-10-6-8-12-26-50-40(46)53-32-18-14-30(15-19-32)38(44)52-34-22-23-35(29(3)28-34)55-39(45)31-16-20-33(21-17-31)54-41(47)51-27-13-9-7-11-25-49-37(43)5-2/h4-5,14-23,28H,1-2,6-13,24-27H2,3H3. The molecule has 0 unspecified atom stereocenters. The zero-order valence-electron chi connectivity index (χ0n) is 30.6. The van der Waals surface area contributed by atoms with Gasteiger partial charge in [-0.15, -0.1) is 0 Å². The van der Waals surface area contributed by atoms with Crippen LogP contribution in [-0.4, -0.2) is 62.6 Å². The molecule has 0 spiro atoms. The lowest BCUT2D eigenvalue weighted by Gasteiger charge is -2.11. The van der Waals surface area contributed by atoms with Gasteiger partial charge in [0.05, 0.1) is 37.6 Å². The Bertz CT molecular complexity index is 1760. The number of carbonyl (C=O) groups is 6. The van der Waals surface area contributed by atoms with Gasteiger partial charge in [0.2, 0.25) is 0 Å². The minimum absolute atomic E-state index is 0.166. The van der Waals surface area contributed by atoms with Crippen LogP contribution in [0.1, 0.15) is 77.6 Å². The van der Waals surface area contributed by atoms with Gasteiger partial charge in [0.25, 0.3) is 0 Å². The van der Waals surface area contributed by atoms with E-state index >= 15 is 0 Å². The van der Waals surface area contributed by atoms with Gasteiger partial charge >= 0.3 is 36.2 Å². The Balaban J connectivity index is 1.35. The Morgan fingerprint density at radius 1 is 0.473 bits per heavy atom. The molecule has 0 aromatic heterocycles. The second kappa shape index (κ2) is 24.0. The lowest BCUT2D eigenvalue weighted by molar-refractivity contribution is -0.138. The molecule has 0 saturated heterocycles. The fourth-order valence-corrected chi connectivity index (χ4v) is 4.58. The molecule has 292 valence electrons. The molecule has 0 N–H and O–H groups in total. The highest BCUT2D eigenvalue weighted by atomic mass is 16.7. The second-order valence-electron chi connectivity index (χ2n) is 11.7. The molecule has 14 nitrogen and oxygen atoms in total. The number of esters is 4. The number of hydrogen-bond donors (Lipinski definition) is 0. The summed E-state index contributed by atoms with van der Waals surface area (Å²) in [6, 6.07) is 16.0. The third-order valence-corrected chi connectivity index (χ3v) is 7.48. The molecule has 0 aliphatic carbocycles. The van der Waals surface area contributed by atoms with E-state index < -0.39 is 36.2 Å². The molecule has 0 bridgehead atoms. The molecular weight excluding hydrogens is 716 g/mol. The first-order valence-corrected chi connectivity index (χ1v) is 17.6. The predicted octanol–water partition coefficient (Wildman–Crippen LogP) is 8.04. The molecule has 0 heterocycles. The number of carbonyl (C=O) groups excluding carboxylic acids is 6. The smallest absolute Gasteiger partial charge is 0.463 e. The molecule has 3 rings (SSSR count). The Labute approximate surface area is 318 Å². The Kier molecular flexibility index (Phi) is 18.7. The number of aryl methyl sites for hydroxylation is 1. The first-order valence-electron chi connectivity index (χ1n) is 17.6. The van der Waals surface area contributed by atoms with Crippen LogP contribution in [0.15, 0.2) is 92.0 Å². The van der Waals surface area contributed by atoms with Crippen molar-refractivity contribution in [3.8, 4) is 23.0 Å². The number of ether oxygens (including phenoxy) is 8. The minimum Gasteiger partial charge on any atom is -0.463 e. The fraction of sp³-hybridized carbons (Fsp3) is 0.317. The fourth-order valence-electron chi connectivity index (χ4n) is 4.58. The van der Waals surface area contributed by atoms with Gasteiger partial charge < -0.3 is 37.9 Å². The number of rotatable bonds is 22. The van der Waals surface area contributed by atoms with Crippen LogP contribution in [0.25, 0.3) is 0 Å². The van der Waals surface area contributed by atoms with Crippen LogP contribution in [0.4, 0.5) is 9.59 Å². The predicted molar refractivity (Wildman–Crippen MR) is 197 cm³/mol. The van der Waals surface area contributed by atoms with Crippen molar-refractivity contribution in [3.63, 3.8) is 0 Å². The zero-order valence-corrected chi connectivity index (χ0v) is 30.6. The summed E-state index contributed by atoms with van der Waals surface area (Å²) in [5.74, 6) is -1.42. The van der Waals surface area contributed by atoms with Gasteiger partial charge in [0, 0.05) is 12.2 Å². The Morgan fingerprint density at radius 3 is 1.25 bits per heavy atom. The molecule has 0 aliphatic heterocycles. The third-order valence-electron chi connectivity index (χ3n) is 7.48. The maximum atomic E-state index is 12.8. The van der Waals surface area contributed by atoms with E-state index in [0.29, 0.717) is 44.5 Å². The molecule has 0 radical (unpaired) electrons. The van der Waals surface area contributed by atoms with Crippen LogP contribution >= 0.6 is 0 Å². The van der Waals surface area contributed by atoms with Gasteiger partial charge in [-0.2, -0.15) is 0 Å². The molecule has 0 atom stereocenters. The van der Waals surface area contributed by atoms with Crippen molar-refractivity contribution in [2.24, 2.45) is 0 Å². The van der Waals surface area contributed by atoms with Crippen molar-refractivity contribution in [2.75, 3.05) is 26.4 Å². The van der Waals surface area contributed by atoms with E-state index in [1.807, 2.05) is 0 Å². The largest absolute Gasteiger partial charge is 0.513 e. The molecular formula is C41H44O14. The molecule has 0 amide bonds. The van der Waals surface area contributed by atoms with Crippen molar-refractivity contribution in [1.82, 2.24) is 0 Å². The lowest BCUT2D eigenvalue weighted by Crippen LogP contribution is -2.13. The van der Waals surface area contributed by atoms with Crippen LogP contribution in [0.2, 0.25) is 0 Å². The summed E-state index contributed by atoms with van der Waals surface area (Å²) < 4.78 is 41.2. The first kappa shape index (κ1) is 43.0. The average molecular weight is 761 g/mol. The van der Waals surface area contributed by atoms with Crippen molar-refractivity contribution in [1.29, 1.82) is 0 Å². The van der Waals surface area contributed by atoms with Crippen LogP contribution < -0.4 is 18.9 Å². The van der Waals surface area contributed by atoms with E-state index in [1.54, 1.807) is 6.92 Å². The van der Waals surface area contributed by atoms with Gasteiger partial charge in [-0.25, -0.2) is 28.8 Å². The summed E-state index contributed by atoms with van der Waals surface area (Å²) in [7, 11) is 0. The van der Waals surface area contributed by atoms with Crippen molar-refractivity contribution in [3.05, 3.63) is 109 Å². The van der Waals surface area contributed by atoms with Gasteiger partial charge in [0.15, 0.2) is 0 Å². The maximum absolute atomic E-state index is 12.8. The number of unbranched alkanes of at least 4 members (excludes halogenated alkanes) is 6. The van der Waals surface area contributed by atoms with Crippen molar-refractivity contribution >= 4 is 36.2 Å². The molecule has 3 aromatic rings. The third kappa shape index (κ3) is 16.8. The van der Waals surface area contributed by atoms with Gasteiger partial charge in [-0.05, 0) is 131 Å². The van der Waals surface area contributed by atoms with Crippen molar-refractivity contribution in [2.45, 2.75) is 58.3 Å². The van der Waals surface area contributed by atoms with Gasteiger partial charge in [0.1, 0.15) is 23.0 Å². The highest BCUT2D eigenvalue weighted by molar-refractivity contribution is 5.92. The van der Waals surface area contributed by atoms with Crippen LogP contribution in [-0.2, 0) is 28.5 Å². The van der Waals surface area contributed by atoms with E-state index in [1.165, 1.54) is 66.7 Å². The van der Waals surface area contributed by atoms with E-state index in [2.05, 4.69) is 13.2 Å². The number of benzene rings is 3. The number of hydrogen-bond acceptors (Lipinski definition) is 14. The lowest BCUT2D eigenvalue weighted by atomic mass is 10.2. The first-order chi connectivity index (χ1) is 26.6. The van der Waals surface area contributed by atoms with Gasteiger partial charge in [-0.1, -0.05) is 13.2 Å². The van der Waals surface area contributed by atoms with Crippen LogP contribution in [0.5, 0.6) is 23.0 Å². The van der Waals surface area contributed by atoms with Crippen LogP contribution in [0.3, 0.4) is 0 Å². The summed E-state index contributed by atoms with van der Waals surface area (Å²) in [5, 5.41) is 0. The summed E-state index contributed by atoms with van der Waals surface area (Å²) >= 11 is 0. The molecule has 0 fully saturated rings. The Hall–Kier alpha value is -6.44. The molecule has 14 heteroatoms. The summed E-state index contributed by atoms with van der Waals surface area (Å²) in [4.78, 5) is 71.5. The van der Waals surface area contributed by atoms with E-state index in [-0.39, 0.29) is 47.3 Å². The summed E-state index contributed by atoms with van der Waals surface area (Å²) in [6.07, 6.45) is 6.26. The van der Waals surface area contributed by atoms with E-state index in [4.69, 9.17) is 37.9 Å². The summed E-state index contributed by atoms with van der Waals surface area (Å²) in [6.45, 7) is 9.29. The monoisotopic (exact) mass is 760 g/mol. The van der Waals surface area contributed by atoms with E-state index in [0.717, 1.165) is 37.8 Å². The van der Waals surface area contributed by atoms with Gasteiger partial charge in [-0.3, -0.25) is 0 Å². The minimum atomic E-state index is -0.877. The van der Waals surface area contributed by atoms with E-state index in [9.17, 15) is 28.8 Å². The molecule has 3 aromatic carbocycles.